The lowest BCUT2D eigenvalue weighted by atomic mass is 9.93. The lowest BCUT2D eigenvalue weighted by molar-refractivity contribution is -0.152. The van der Waals surface area contributed by atoms with E-state index in [4.69, 9.17) is 11.6 Å². The highest BCUT2D eigenvalue weighted by molar-refractivity contribution is 6.33. The molecule has 42 heavy (non-hydrogen) atoms. The van der Waals surface area contributed by atoms with Crippen LogP contribution in [0.4, 0.5) is 4.39 Å². The number of fused-ring (bicyclic) bond motifs is 1. The van der Waals surface area contributed by atoms with E-state index in [2.05, 4.69) is 16.5 Å². The van der Waals surface area contributed by atoms with Crippen LogP contribution in [-0.4, -0.2) is 58.8 Å². The third-order valence-corrected chi connectivity index (χ3v) is 7.64. The summed E-state index contributed by atoms with van der Waals surface area (Å²) in [6, 6.07) is 5.62. The molecule has 1 amide bonds. The summed E-state index contributed by atoms with van der Waals surface area (Å²) < 4.78 is 17.4. The lowest BCUT2D eigenvalue weighted by Crippen LogP contribution is -2.66. The Morgan fingerprint density at radius 1 is 1.21 bits per heavy atom. The molecule has 1 aliphatic heterocycles. The number of aromatic hydroxyl groups is 1. The molecule has 0 bridgehead atoms. The number of carbonyl (C=O) groups excluding carboxylic acids is 1. The molecule has 12 heteroatoms. The number of amides is 1. The van der Waals surface area contributed by atoms with Gasteiger partial charge in [-0.3, -0.25) is 28.5 Å². The average molecular weight is 594 g/mol. The molecule has 4 heterocycles. The van der Waals surface area contributed by atoms with Crippen LogP contribution in [0.25, 0.3) is 28.1 Å². The van der Waals surface area contributed by atoms with Gasteiger partial charge in [-0.25, -0.2) is 9.37 Å². The van der Waals surface area contributed by atoms with Crippen LogP contribution in [0, 0.1) is 19.7 Å². The number of aromatic nitrogens is 4. The molecule has 1 fully saturated rings. The first-order chi connectivity index (χ1) is 19.8. The molecule has 1 saturated heterocycles. The summed E-state index contributed by atoms with van der Waals surface area (Å²) in [6.07, 6.45) is 2.72. The Balaban J connectivity index is 1.85. The summed E-state index contributed by atoms with van der Waals surface area (Å²) in [6.45, 7) is 10.1. The van der Waals surface area contributed by atoms with Gasteiger partial charge in [0.2, 0.25) is 5.91 Å². The van der Waals surface area contributed by atoms with Crippen molar-refractivity contribution >= 4 is 28.7 Å². The Hall–Kier alpha value is -4.35. The van der Waals surface area contributed by atoms with Gasteiger partial charge in [-0.1, -0.05) is 32.0 Å². The smallest absolute Gasteiger partial charge is 0.322 e. The van der Waals surface area contributed by atoms with Gasteiger partial charge >= 0.3 is 11.1 Å². The van der Waals surface area contributed by atoms with E-state index in [-0.39, 0.29) is 58.9 Å². The number of β-amino-alcohol motifs (C(OH)–C–C–N with tert-alkyl or cyclic N) is 1. The predicted molar refractivity (Wildman–Crippen MR) is 157 cm³/mol. The maximum Gasteiger partial charge on any atom is 0.322 e. The number of benzene rings is 1. The number of hydrogen-bond donors (Lipinski definition) is 2. The minimum absolute atomic E-state index is 0.0571. The molecule has 0 unspecified atom stereocenters. The van der Waals surface area contributed by atoms with Gasteiger partial charge < -0.3 is 15.1 Å². The number of aryl methyl sites for hydroxylation is 2. The number of rotatable bonds is 6. The first-order valence-corrected chi connectivity index (χ1v) is 13.6. The SMILES string of the molecule is C=CC(=O)N1CC(O)(Cn2c(=O)c(=O)n(-c3c(C)ccnc3C(C)C)c3nc(-c4c(O)cc(C)cc4F)c(Cl)cc32)C1. The van der Waals surface area contributed by atoms with Gasteiger partial charge in [0.15, 0.2) is 5.65 Å². The van der Waals surface area contributed by atoms with E-state index in [9.17, 15) is 24.6 Å². The minimum Gasteiger partial charge on any atom is -0.507 e. The number of hydrogen-bond acceptors (Lipinski definition) is 7. The Labute approximate surface area is 245 Å². The molecule has 2 N–H and O–H groups in total. The fourth-order valence-electron chi connectivity index (χ4n) is 5.38. The van der Waals surface area contributed by atoms with Gasteiger partial charge in [-0.2, -0.15) is 0 Å². The number of halogens is 2. The molecule has 1 aromatic carbocycles. The maximum atomic E-state index is 15.2. The van der Waals surface area contributed by atoms with Gasteiger partial charge in [0, 0.05) is 6.20 Å². The highest BCUT2D eigenvalue weighted by Gasteiger charge is 2.44. The molecule has 10 nitrogen and oxygen atoms in total. The average Bonchev–Trinajstić information content (AvgIpc) is 2.90. The number of phenols is 1. The second-order valence-corrected chi connectivity index (χ2v) is 11.4. The zero-order valence-electron chi connectivity index (χ0n) is 23.5. The Bertz CT molecular complexity index is 1890. The molecular weight excluding hydrogens is 565 g/mol. The van der Waals surface area contributed by atoms with E-state index < -0.39 is 28.3 Å². The van der Waals surface area contributed by atoms with Gasteiger partial charge in [0.1, 0.15) is 17.2 Å². The lowest BCUT2D eigenvalue weighted by Gasteiger charge is -2.46. The van der Waals surface area contributed by atoms with Crippen molar-refractivity contribution in [2.24, 2.45) is 0 Å². The fourth-order valence-corrected chi connectivity index (χ4v) is 5.62. The number of aliphatic hydroxyl groups is 1. The summed E-state index contributed by atoms with van der Waals surface area (Å²) in [4.78, 5) is 50.0. The van der Waals surface area contributed by atoms with Gasteiger partial charge in [0.25, 0.3) is 0 Å². The van der Waals surface area contributed by atoms with Crippen molar-refractivity contribution in [2.75, 3.05) is 13.1 Å². The van der Waals surface area contributed by atoms with Crippen molar-refractivity contribution in [2.45, 2.75) is 45.8 Å². The van der Waals surface area contributed by atoms with Crippen molar-refractivity contribution in [3.8, 4) is 22.7 Å². The minimum atomic E-state index is -1.52. The van der Waals surface area contributed by atoms with Crippen LogP contribution in [0.3, 0.4) is 0 Å². The van der Waals surface area contributed by atoms with Crippen LogP contribution in [-0.2, 0) is 11.3 Å². The van der Waals surface area contributed by atoms with Crippen LogP contribution in [0.15, 0.2) is 52.7 Å². The second kappa shape index (κ2) is 10.5. The molecule has 0 radical (unpaired) electrons. The summed E-state index contributed by atoms with van der Waals surface area (Å²) >= 11 is 6.62. The Morgan fingerprint density at radius 3 is 2.52 bits per heavy atom. The molecular formula is C30H29ClFN5O5. The summed E-state index contributed by atoms with van der Waals surface area (Å²) in [5.74, 6) is -1.71. The van der Waals surface area contributed by atoms with Crippen LogP contribution >= 0.6 is 11.6 Å². The van der Waals surface area contributed by atoms with Gasteiger partial charge in [-0.15, -0.1) is 0 Å². The number of likely N-dealkylation sites (tertiary alicyclic amines) is 1. The first-order valence-electron chi connectivity index (χ1n) is 13.2. The summed E-state index contributed by atoms with van der Waals surface area (Å²) in [7, 11) is 0. The number of pyridine rings is 2. The van der Waals surface area contributed by atoms with E-state index in [0.717, 1.165) is 15.2 Å². The second-order valence-electron chi connectivity index (χ2n) is 11.0. The van der Waals surface area contributed by atoms with Crippen molar-refractivity contribution in [1.29, 1.82) is 0 Å². The van der Waals surface area contributed by atoms with E-state index in [1.807, 2.05) is 13.8 Å². The standard InChI is InChI=1S/C30H29ClFN5O5/c1-6-22(39)35-12-30(42,13-35)14-36-20-11-18(31)25(23-19(32)9-16(4)10-21(23)38)34-27(20)37(29(41)28(36)40)26-17(5)7-8-33-24(26)15(2)3/h6-11,15,38,42H,1,12-14H2,2-5H3. The van der Waals surface area contributed by atoms with Crippen molar-refractivity contribution < 1.29 is 19.4 Å². The zero-order chi connectivity index (χ0) is 30.7. The molecule has 1 aliphatic rings. The maximum absolute atomic E-state index is 15.2. The van der Waals surface area contributed by atoms with Gasteiger partial charge in [0.05, 0.1) is 52.8 Å². The third kappa shape index (κ3) is 4.78. The Morgan fingerprint density at radius 2 is 1.90 bits per heavy atom. The van der Waals surface area contributed by atoms with Crippen LogP contribution in [0.5, 0.6) is 5.75 Å². The van der Waals surface area contributed by atoms with Crippen LogP contribution < -0.4 is 11.1 Å². The van der Waals surface area contributed by atoms with Crippen LogP contribution in [0.1, 0.15) is 36.6 Å². The number of carbonyl (C=O) groups is 1. The zero-order valence-corrected chi connectivity index (χ0v) is 24.2. The molecule has 218 valence electrons. The predicted octanol–water partition coefficient (Wildman–Crippen LogP) is 3.61. The van der Waals surface area contributed by atoms with Crippen molar-refractivity contribution in [3.63, 3.8) is 0 Å². The van der Waals surface area contributed by atoms with E-state index in [0.29, 0.717) is 22.5 Å². The third-order valence-electron chi connectivity index (χ3n) is 7.35. The molecule has 4 aromatic rings. The molecule has 3 aromatic heterocycles. The van der Waals surface area contributed by atoms with E-state index in [1.54, 1.807) is 26.1 Å². The molecule has 0 saturated carbocycles. The van der Waals surface area contributed by atoms with E-state index >= 15 is 4.39 Å². The highest BCUT2D eigenvalue weighted by atomic mass is 35.5. The summed E-state index contributed by atoms with van der Waals surface area (Å²) in [5.41, 5.74) is -1.88. The molecule has 0 aliphatic carbocycles. The number of nitrogens with zero attached hydrogens (tertiary/aromatic N) is 5. The topological polar surface area (TPSA) is 131 Å². The number of phenolic OH excluding ortho intramolecular Hbond substituents is 1. The van der Waals surface area contributed by atoms with E-state index in [1.165, 1.54) is 23.1 Å². The quantitative estimate of drug-likeness (QED) is 0.258. The fraction of sp³-hybridized carbons (Fsp3) is 0.300. The van der Waals surface area contributed by atoms with Crippen molar-refractivity contribution in [1.82, 2.24) is 24.0 Å². The molecule has 0 spiro atoms. The normalized spacial score (nSPS) is 14.3. The molecule has 0 atom stereocenters. The highest BCUT2D eigenvalue weighted by Crippen LogP contribution is 2.38. The largest absolute Gasteiger partial charge is 0.507 e. The first kappa shape index (κ1) is 29.2. The molecule has 5 rings (SSSR count). The van der Waals surface area contributed by atoms with Crippen LogP contribution in [0.2, 0.25) is 5.02 Å². The Kier molecular flexibility index (Phi) is 7.28. The summed E-state index contributed by atoms with van der Waals surface area (Å²) in [5, 5.41) is 21.7. The van der Waals surface area contributed by atoms with Crippen molar-refractivity contribution in [3.05, 3.63) is 91.5 Å². The van der Waals surface area contributed by atoms with Gasteiger partial charge in [-0.05, 0) is 61.2 Å². The monoisotopic (exact) mass is 593 g/mol.